The Morgan fingerprint density at radius 2 is 1.60 bits per heavy atom. The van der Waals surface area contributed by atoms with Gasteiger partial charge in [-0.15, -0.1) is 5.10 Å². The fourth-order valence-corrected chi connectivity index (χ4v) is 3.66. The Morgan fingerprint density at radius 3 is 2.26 bits per heavy atom. The summed E-state index contributed by atoms with van der Waals surface area (Å²) in [5.74, 6) is 0.900. The highest BCUT2D eigenvalue weighted by Gasteiger charge is 2.30. The van der Waals surface area contributed by atoms with E-state index in [0.29, 0.717) is 22.6 Å². The molecule has 2 aromatic heterocycles. The number of ether oxygens (including phenoxy) is 1. The van der Waals surface area contributed by atoms with Gasteiger partial charge < -0.3 is 4.74 Å². The summed E-state index contributed by atoms with van der Waals surface area (Å²) in [7, 11) is 0. The molecule has 0 N–H and O–H groups in total. The summed E-state index contributed by atoms with van der Waals surface area (Å²) in [6.45, 7) is 1.96. The Kier molecular flexibility index (Phi) is 5.60. The van der Waals surface area contributed by atoms with Crippen LogP contribution in [0.1, 0.15) is 16.7 Å². The van der Waals surface area contributed by atoms with E-state index in [1.165, 1.54) is 12.1 Å². The summed E-state index contributed by atoms with van der Waals surface area (Å²) >= 11 is 0. The average Bonchev–Trinajstić information content (AvgIpc) is 3.16. The van der Waals surface area contributed by atoms with Crippen molar-refractivity contribution in [2.24, 2.45) is 0 Å². The number of nitrogens with zero attached hydrogens (tertiary/aromatic N) is 4. The zero-order valence-electron chi connectivity index (χ0n) is 18.5. The summed E-state index contributed by atoms with van der Waals surface area (Å²) in [5.41, 5.74) is 1.97. The normalized spacial score (nSPS) is 11.7. The van der Waals surface area contributed by atoms with Crippen LogP contribution in [0.3, 0.4) is 0 Å². The molecule has 0 radical (unpaired) electrons. The van der Waals surface area contributed by atoms with Gasteiger partial charge in [0.15, 0.2) is 5.75 Å². The first kappa shape index (κ1) is 22.4. The Morgan fingerprint density at radius 1 is 0.914 bits per heavy atom. The van der Waals surface area contributed by atoms with E-state index in [4.69, 9.17) is 4.74 Å². The molecular weight excluding hydrogens is 457 g/mol. The van der Waals surface area contributed by atoms with Gasteiger partial charge in [-0.25, -0.2) is 9.48 Å². The summed E-state index contributed by atoms with van der Waals surface area (Å²) in [6, 6.07) is 21.5. The summed E-state index contributed by atoms with van der Waals surface area (Å²) in [6.07, 6.45) is -2.89. The Balaban J connectivity index is 1.60. The number of aromatic nitrogens is 4. The van der Waals surface area contributed by atoms with E-state index < -0.39 is 17.4 Å². The van der Waals surface area contributed by atoms with Crippen LogP contribution in [0.25, 0.3) is 16.8 Å². The quantitative estimate of drug-likeness (QED) is 0.325. The lowest BCUT2D eigenvalue weighted by atomic mass is 10.1. The lowest BCUT2D eigenvalue weighted by Crippen LogP contribution is -2.23. The molecule has 0 aliphatic heterocycles. The molecule has 0 unspecified atom stereocenters. The average molecular weight is 476 g/mol. The van der Waals surface area contributed by atoms with Crippen LogP contribution in [0, 0.1) is 6.92 Å². The summed E-state index contributed by atoms with van der Waals surface area (Å²) in [5, 5.41) is 8.72. The number of para-hydroxylation sites is 1. The highest BCUT2D eigenvalue weighted by Crippen LogP contribution is 2.35. The standard InChI is InChI=1S/C26H19F3N4O2/c1-17-7-11-19(12-8-17)22-15-30-33-24(23(22)35-21-5-3-2-4-6-21)31-32(25(33)34)16-18-9-13-20(14-10-18)26(27,28)29/h2-15H,16H2,1H3. The zero-order valence-corrected chi connectivity index (χ0v) is 18.5. The SMILES string of the molecule is Cc1ccc(-c2cnn3c(=O)n(Cc4ccc(C(F)(F)F)cc4)nc3c2Oc2ccccc2)cc1. The van der Waals surface area contributed by atoms with Crippen molar-refractivity contribution in [3.8, 4) is 22.6 Å². The van der Waals surface area contributed by atoms with E-state index >= 15 is 0 Å². The topological polar surface area (TPSA) is 61.4 Å². The molecule has 5 rings (SSSR count). The van der Waals surface area contributed by atoms with E-state index in [1.807, 2.05) is 49.4 Å². The third kappa shape index (κ3) is 4.52. The molecule has 3 aromatic carbocycles. The molecule has 35 heavy (non-hydrogen) atoms. The lowest BCUT2D eigenvalue weighted by molar-refractivity contribution is -0.137. The molecule has 0 fully saturated rings. The highest BCUT2D eigenvalue weighted by atomic mass is 19.4. The maximum atomic E-state index is 13.0. The maximum absolute atomic E-state index is 13.0. The van der Waals surface area contributed by atoms with Gasteiger partial charge in [-0.2, -0.15) is 22.8 Å². The second-order valence-electron chi connectivity index (χ2n) is 8.04. The van der Waals surface area contributed by atoms with Crippen molar-refractivity contribution in [1.82, 2.24) is 19.4 Å². The Labute approximate surface area is 197 Å². The fraction of sp³-hybridized carbons (Fsp3) is 0.115. The predicted molar refractivity (Wildman–Crippen MR) is 124 cm³/mol. The molecule has 0 bridgehead atoms. The van der Waals surface area contributed by atoms with Crippen molar-refractivity contribution in [1.29, 1.82) is 0 Å². The minimum absolute atomic E-state index is 0.0228. The number of aryl methyl sites for hydroxylation is 1. The van der Waals surface area contributed by atoms with Crippen LogP contribution in [0.2, 0.25) is 0 Å². The Hall–Kier alpha value is -4.40. The first-order valence-electron chi connectivity index (χ1n) is 10.7. The van der Waals surface area contributed by atoms with Gasteiger partial charge in [0.25, 0.3) is 0 Å². The van der Waals surface area contributed by atoms with Crippen molar-refractivity contribution in [2.45, 2.75) is 19.6 Å². The van der Waals surface area contributed by atoms with Gasteiger partial charge in [-0.05, 0) is 42.3 Å². The molecule has 6 nitrogen and oxygen atoms in total. The molecule has 0 amide bonds. The van der Waals surface area contributed by atoms with Gasteiger partial charge in [0, 0.05) is 5.56 Å². The van der Waals surface area contributed by atoms with Crippen LogP contribution < -0.4 is 10.4 Å². The van der Waals surface area contributed by atoms with Crippen LogP contribution in [0.5, 0.6) is 11.5 Å². The molecule has 0 aliphatic rings. The van der Waals surface area contributed by atoms with Crippen LogP contribution in [-0.2, 0) is 12.7 Å². The summed E-state index contributed by atoms with van der Waals surface area (Å²) < 4.78 is 47.1. The van der Waals surface area contributed by atoms with Gasteiger partial charge in [-0.3, -0.25) is 0 Å². The van der Waals surface area contributed by atoms with E-state index in [1.54, 1.807) is 18.3 Å². The highest BCUT2D eigenvalue weighted by molar-refractivity contribution is 5.77. The molecule has 0 saturated heterocycles. The van der Waals surface area contributed by atoms with Crippen molar-refractivity contribution >= 4 is 5.65 Å². The molecule has 0 aliphatic carbocycles. The monoisotopic (exact) mass is 476 g/mol. The summed E-state index contributed by atoms with van der Waals surface area (Å²) in [4.78, 5) is 13.0. The first-order valence-corrected chi connectivity index (χ1v) is 10.7. The number of hydrogen-bond acceptors (Lipinski definition) is 4. The third-order valence-electron chi connectivity index (χ3n) is 5.51. The smallest absolute Gasteiger partial charge is 0.416 e. The second kappa shape index (κ2) is 8.75. The molecule has 0 saturated carbocycles. The Bertz CT molecular complexity index is 1540. The molecule has 0 spiro atoms. The number of alkyl halides is 3. The van der Waals surface area contributed by atoms with Gasteiger partial charge in [-0.1, -0.05) is 60.2 Å². The molecule has 0 atom stereocenters. The predicted octanol–water partition coefficient (Wildman–Crippen LogP) is 5.73. The van der Waals surface area contributed by atoms with Crippen molar-refractivity contribution < 1.29 is 17.9 Å². The minimum Gasteiger partial charge on any atom is -0.453 e. The number of benzene rings is 3. The second-order valence-corrected chi connectivity index (χ2v) is 8.04. The third-order valence-corrected chi connectivity index (χ3v) is 5.51. The van der Waals surface area contributed by atoms with E-state index in [-0.39, 0.29) is 12.2 Å². The number of halogens is 3. The van der Waals surface area contributed by atoms with Crippen LogP contribution in [-0.4, -0.2) is 19.4 Å². The van der Waals surface area contributed by atoms with Crippen LogP contribution >= 0.6 is 0 Å². The van der Waals surface area contributed by atoms with Gasteiger partial charge in [0.1, 0.15) is 5.75 Å². The largest absolute Gasteiger partial charge is 0.453 e. The van der Waals surface area contributed by atoms with Crippen molar-refractivity contribution in [3.05, 3.63) is 112 Å². The zero-order chi connectivity index (χ0) is 24.6. The minimum atomic E-state index is -4.43. The van der Waals surface area contributed by atoms with Gasteiger partial charge >= 0.3 is 11.9 Å². The van der Waals surface area contributed by atoms with E-state index in [2.05, 4.69) is 10.2 Å². The lowest BCUT2D eigenvalue weighted by Gasteiger charge is -2.11. The van der Waals surface area contributed by atoms with Gasteiger partial charge in [0.2, 0.25) is 5.65 Å². The van der Waals surface area contributed by atoms with E-state index in [9.17, 15) is 18.0 Å². The number of hydrogen-bond donors (Lipinski definition) is 0. The molecule has 9 heteroatoms. The van der Waals surface area contributed by atoms with Gasteiger partial charge in [0.05, 0.1) is 18.3 Å². The molecular formula is C26H19F3N4O2. The molecule has 5 aromatic rings. The number of rotatable bonds is 5. The fourth-order valence-electron chi connectivity index (χ4n) is 3.66. The number of fused-ring (bicyclic) bond motifs is 1. The van der Waals surface area contributed by atoms with Crippen molar-refractivity contribution in [3.63, 3.8) is 0 Å². The van der Waals surface area contributed by atoms with Crippen LogP contribution in [0.4, 0.5) is 13.2 Å². The maximum Gasteiger partial charge on any atom is 0.416 e. The molecule has 2 heterocycles. The van der Waals surface area contributed by atoms with Crippen molar-refractivity contribution in [2.75, 3.05) is 0 Å². The molecule has 176 valence electrons. The first-order chi connectivity index (χ1) is 16.8. The van der Waals surface area contributed by atoms with E-state index in [0.717, 1.165) is 32.5 Å². The van der Waals surface area contributed by atoms with Crippen LogP contribution in [0.15, 0.2) is 89.9 Å².